The van der Waals surface area contributed by atoms with Crippen molar-refractivity contribution in [2.24, 2.45) is 5.92 Å². The molecule has 1 aliphatic rings. The van der Waals surface area contributed by atoms with Gasteiger partial charge in [0.2, 0.25) is 0 Å². The molecule has 2 heterocycles. The molecular weight excluding hydrogens is 299 g/mol. The Morgan fingerprint density at radius 2 is 1.86 bits per heavy atom. The molecule has 0 aromatic carbocycles. The van der Waals surface area contributed by atoms with Gasteiger partial charge in [0, 0.05) is 12.1 Å². The number of aliphatic hydroxyl groups is 2. The monoisotopic (exact) mass is 321 g/mol. The molecule has 0 amide bonds. The van der Waals surface area contributed by atoms with Gasteiger partial charge in [-0.15, -0.1) is 0 Å². The Bertz CT molecular complexity index is 466. The lowest BCUT2D eigenvalue weighted by Crippen LogP contribution is -2.42. The van der Waals surface area contributed by atoms with Gasteiger partial charge in [0.15, 0.2) is 0 Å². The summed E-state index contributed by atoms with van der Waals surface area (Å²) in [6, 6.07) is 3.81. The molecule has 0 bridgehead atoms. The number of rotatable bonds is 1. The molecule has 0 radical (unpaired) electrons. The highest BCUT2D eigenvalue weighted by molar-refractivity contribution is 5.12. The number of hydrogen-bond donors (Lipinski definition) is 2. The second kappa shape index (κ2) is 7.89. The summed E-state index contributed by atoms with van der Waals surface area (Å²) in [7, 11) is 0. The first-order valence-corrected chi connectivity index (χ1v) is 7.10. The Morgan fingerprint density at radius 3 is 2.27 bits per heavy atom. The standard InChI is InChI=1S/C8H16O3.C7H6F3N/c1-5(2)8-3-6(9)7(10)4-11-8;1-5-3-2-4-6(11-5)7(8,9)10/h5-10H,3-4H2,1-2H3;2-4H,1H3. The molecule has 1 aliphatic heterocycles. The molecule has 3 unspecified atom stereocenters. The maximum atomic E-state index is 11.9. The third-order valence-corrected chi connectivity index (χ3v) is 3.32. The van der Waals surface area contributed by atoms with Crippen LogP contribution in [-0.4, -0.2) is 40.1 Å². The maximum absolute atomic E-state index is 11.9. The van der Waals surface area contributed by atoms with Gasteiger partial charge in [0.05, 0.1) is 18.8 Å². The van der Waals surface area contributed by atoms with Gasteiger partial charge in [-0.2, -0.15) is 13.2 Å². The third kappa shape index (κ3) is 5.90. The lowest BCUT2D eigenvalue weighted by atomic mass is 9.96. The maximum Gasteiger partial charge on any atom is 0.433 e. The average Bonchev–Trinajstić information content (AvgIpc) is 2.41. The fraction of sp³-hybridized carbons (Fsp3) is 0.667. The smallest absolute Gasteiger partial charge is 0.390 e. The summed E-state index contributed by atoms with van der Waals surface area (Å²) < 4.78 is 41.0. The molecule has 1 aromatic rings. The van der Waals surface area contributed by atoms with E-state index in [2.05, 4.69) is 18.8 Å². The predicted octanol–water partition coefficient (Wildman–Crippen LogP) is 2.56. The lowest BCUT2D eigenvalue weighted by molar-refractivity contribution is -0.141. The van der Waals surface area contributed by atoms with Crippen molar-refractivity contribution >= 4 is 0 Å². The molecule has 1 saturated heterocycles. The summed E-state index contributed by atoms with van der Waals surface area (Å²) >= 11 is 0. The minimum Gasteiger partial charge on any atom is -0.390 e. The van der Waals surface area contributed by atoms with Crippen molar-refractivity contribution in [2.75, 3.05) is 6.61 Å². The van der Waals surface area contributed by atoms with Crippen LogP contribution in [-0.2, 0) is 10.9 Å². The van der Waals surface area contributed by atoms with E-state index < -0.39 is 24.1 Å². The Labute approximate surface area is 127 Å². The molecule has 7 heteroatoms. The van der Waals surface area contributed by atoms with Gasteiger partial charge in [-0.3, -0.25) is 0 Å². The van der Waals surface area contributed by atoms with Crippen LogP contribution in [0, 0.1) is 12.8 Å². The van der Waals surface area contributed by atoms with E-state index in [0.717, 1.165) is 6.07 Å². The summed E-state index contributed by atoms with van der Waals surface area (Å²) in [5.41, 5.74) is -0.461. The number of aryl methyl sites for hydroxylation is 1. The van der Waals surface area contributed by atoms with E-state index in [0.29, 0.717) is 18.0 Å². The van der Waals surface area contributed by atoms with Crippen molar-refractivity contribution in [1.29, 1.82) is 0 Å². The Hall–Kier alpha value is -1.18. The second-order valence-corrected chi connectivity index (χ2v) is 5.65. The second-order valence-electron chi connectivity index (χ2n) is 5.65. The summed E-state index contributed by atoms with van der Waals surface area (Å²) in [4.78, 5) is 3.32. The zero-order chi connectivity index (χ0) is 16.9. The normalized spacial score (nSPS) is 25.6. The van der Waals surface area contributed by atoms with Crippen molar-refractivity contribution in [3.63, 3.8) is 0 Å². The highest BCUT2D eigenvalue weighted by Crippen LogP contribution is 2.27. The number of hydrogen-bond acceptors (Lipinski definition) is 4. The fourth-order valence-corrected chi connectivity index (χ4v) is 1.96. The molecule has 22 heavy (non-hydrogen) atoms. The average molecular weight is 321 g/mol. The molecule has 0 aliphatic carbocycles. The lowest BCUT2D eigenvalue weighted by Gasteiger charge is -2.32. The van der Waals surface area contributed by atoms with Gasteiger partial charge >= 0.3 is 6.18 Å². The van der Waals surface area contributed by atoms with Crippen LogP contribution in [0.2, 0.25) is 0 Å². The molecule has 2 N–H and O–H groups in total. The van der Waals surface area contributed by atoms with E-state index in [-0.39, 0.29) is 12.7 Å². The highest BCUT2D eigenvalue weighted by atomic mass is 19.4. The van der Waals surface area contributed by atoms with Crippen LogP contribution in [0.4, 0.5) is 13.2 Å². The minimum atomic E-state index is -4.33. The molecule has 2 rings (SSSR count). The molecule has 1 aromatic heterocycles. The Kier molecular flexibility index (Phi) is 6.77. The van der Waals surface area contributed by atoms with Crippen LogP contribution in [0.5, 0.6) is 0 Å². The van der Waals surface area contributed by atoms with E-state index in [9.17, 15) is 18.3 Å². The van der Waals surface area contributed by atoms with Gasteiger partial charge in [-0.1, -0.05) is 19.9 Å². The third-order valence-electron chi connectivity index (χ3n) is 3.32. The molecule has 0 spiro atoms. The van der Waals surface area contributed by atoms with Crippen LogP contribution in [0.3, 0.4) is 0 Å². The van der Waals surface area contributed by atoms with E-state index in [1.807, 2.05) is 0 Å². The van der Waals surface area contributed by atoms with Gasteiger partial charge in [0.1, 0.15) is 11.8 Å². The molecular formula is C15H22F3NO3. The number of halogens is 3. The first kappa shape index (κ1) is 18.9. The SMILES string of the molecule is CC(C)C1CC(O)C(O)CO1.Cc1cccc(C(F)(F)F)n1. The summed E-state index contributed by atoms with van der Waals surface area (Å²) in [5.74, 6) is 0.414. The van der Waals surface area contributed by atoms with Crippen molar-refractivity contribution < 1.29 is 28.1 Å². The summed E-state index contributed by atoms with van der Waals surface area (Å²) in [5, 5.41) is 18.4. The number of alkyl halides is 3. The number of aromatic nitrogens is 1. The number of ether oxygens (including phenoxy) is 1. The zero-order valence-corrected chi connectivity index (χ0v) is 12.8. The van der Waals surface area contributed by atoms with Crippen molar-refractivity contribution in [3.8, 4) is 0 Å². The quantitative estimate of drug-likeness (QED) is 0.834. The Balaban J connectivity index is 0.000000220. The molecule has 126 valence electrons. The van der Waals surface area contributed by atoms with E-state index in [1.54, 1.807) is 0 Å². The number of aliphatic hydroxyl groups excluding tert-OH is 2. The first-order chi connectivity index (χ1) is 10.1. The van der Waals surface area contributed by atoms with Crippen LogP contribution < -0.4 is 0 Å². The predicted molar refractivity (Wildman–Crippen MR) is 75.2 cm³/mol. The van der Waals surface area contributed by atoms with Crippen molar-refractivity contribution in [1.82, 2.24) is 4.98 Å². The minimum absolute atomic E-state index is 0.105. The van der Waals surface area contributed by atoms with Crippen molar-refractivity contribution in [2.45, 2.75) is 51.7 Å². The summed E-state index contributed by atoms with van der Waals surface area (Å²) in [6.45, 7) is 5.89. The van der Waals surface area contributed by atoms with Crippen LogP contribution in [0.1, 0.15) is 31.7 Å². The van der Waals surface area contributed by atoms with E-state index in [1.165, 1.54) is 19.1 Å². The van der Waals surface area contributed by atoms with Crippen molar-refractivity contribution in [3.05, 3.63) is 29.6 Å². The van der Waals surface area contributed by atoms with E-state index in [4.69, 9.17) is 9.84 Å². The highest BCUT2D eigenvalue weighted by Gasteiger charge is 2.32. The largest absolute Gasteiger partial charge is 0.433 e. The van der Waals surface area contributed by atoms with Crippen LogP contribution in [0.25, 0.3) is 0 Å². The molecule has 3 atom stereocenters. The van der Waals surface area contributed by atoms with Gasteiger partial charge in [0.25, 0.3) is 0 Å². The number of pyridine rings is 1. The van der Waals surface area contributed by atoms with Crippen LogP contribution in [0.15, 0.2) is 18.2 Å². The van der Waals surface area contributed by atoms with Crippen LogP contribution >= 0.6 is 0 Å². The fourth-order valence-electron chi connectivity index (χ4n) is 1.96. The van der Waals surface area contributed by atoms with E-state index >= 15 is 0 Å². The van der Waals surface area contributed by atoms with Gasteiger partial charge in [-0.05, 0) is 25.0 Å². The van der Waals surface area contributed by atoms with Gasteiger partial charge in [-0.25, -0.2) is 4.98 Å². The molecule has 1 fully saturated rings. The Morgan fingerprint density at radius 1 is 1.23 bits per heavy atom. The summed E-state index contributed by atoms with van der Waals surface area (Å²) in [6.07, 6.45) is -4.96. The number of nitrogens with zero attached hydrogens (tertiary/aromatic N) is 1. The molecule has 4 nitrogen and oxygen atoms in total. The molecule has 0 saturated carbocycles. The topological polar surface area (TPSA) is 62.6 Å². The van der Waals surface area contributed by atoms with Gasteiger partial charge < -0.3 is 14.9 Å². The zero-order valence-electron chi connectivity index (χ0n) is 12.8. The first-order valence-electron chi connectivity index (χ1n) is 7.10.